The number of hydrogen-bond donors (Lipinski definition) is 0. The first-order valence-electron chi connectivity index (χ1n) is 5.75. The van der Waals surface area contributed by atoms with Gasteiger partial charge in [-0.2, -0.15) is 0 Å². The molecule has 0 N–H and O–H groups in total. The first kappa shape index (κ1) is 13.3. The molecule has 1 aromatic rings. The van der Waals surface area contributed by atoms with E-state index in [2.05, 4.69) is 26.6 Å². The molecule has 3 heteroatoms. The molecule has 0 amide bonds. The Hall–Kier alpha value is -0.803. The zero-order valence-electron chi connectivity index (χ0n) is 10.7. The second kappa shape index (κ2) is 6.06. The molecule has 0 saturated carbocycles. The summed E-state index contributed by atoms with van der Waals surface area (Å²) in [4.78, 5) is 0. The molecular weight excluding hydrogens is 216 g/mol. The van der Waals surface area contributed by atoms with E-state index in [1.165, 1.54) is 11.6 Å². The quantitative estimate of drug-likeness (QED) is 0.427. The van der Waals surface area contributed by atoms with Crippen LogP contribution in [0.25, 0.3) is 0 Å². The molecule has 90 valence electrons. The highest BCUT2D eigenvalue weighted by molar-refractivity contribution is 6.76. The lowest BCUT2D eigenvalue weighted by molar-refractivity contribution is 0.0220. The van der Waals surface area contributed by atoms with Crippen molar-refractivity contribution in [3.8, 4) is 5.75 Å². The maximum absolute atomic E-state index is 5.47. The van der Waals surface area contributed by atoms with Gasteiger partial charge in [-0.05, 0) is 25.1 Å². The van der Waals surface area contributed by atoms with Crippen molar-refractivity contribution in [1.29, 1.82) is 0 Å². The molecule has 0 aliphatic heterocycles. The average Bonchev–Trinajstić information content (AvgIpc) is 2.19. The normalized spacial score (nSPS) is 11.5. The van der Waals surface area contributed by atoms with Gasteiger partial charge in [-0.3, -0.25) is 0 Å². The lowest BCUT2D eigenvalue weighted by atomic mass is 10.2. The van der Waals surface area contributed by atoms with E-state index in [0.717, 1.165) is 12.4 Å². The van der Waals surface area contributed by atoms with Gasteiger partial charge in [0.05, 0.1) is 0 Å². The molecule has 1 aromatic carbocycles. The van der Waals surface area contributed by atoms with Crippen LogP contribution in [-0.2, 0) is 4.74 Å². The Kier molecular flexibility index (Phi) is 5.02. The minimum Gasteiger partial charge on any atom is -0.468 e. The van der Waals surface area contributed by atoms with Gasteiger partial charge in [0.25, 0.3) is 0 Å². The molecule has 0 spiro atoms. The predicted octanol–water partition coefficient (Wildman–Crippen LogP) is 3.69. The minimum atomic E-state index is -0.975. The van der Waals surface area contributed by atoms with Crippen molar-refractivity contribution in [2.45, 2.75) is 32.6 Å². The molecule has 0 saturated heterocycles. The predicted molar refractivity (Wildman–Crippen MR) is 70.8 cm³/mol. The lowest BCUT2D eigenvalue weighted by Gasteiger charge is -2.15. The van der Waals surface area contributed by atoms with Crippen molar-refractivity contribution in [1.82, 2.24) is 0 Å². The Labute approximate surface area is 99.6 Å². The van der Waals surface area contributed by atoms with Gasteiger partial charge < -0.3 is 9.47 Å². The van der Waals surface area contributed by atoms with Crippen molar-refractivity contribution in [3.63, 3.8) is 0 Å². The van der Waals surface area contributed by atoms with Gasteiger partial charge in [0.15, 0.2) is 6.79 Å². The van der Waals surface area contributed by atoms with Gasteiger partial charge in [-0.25, -0.2) is 0 Å². The van der Waals surface area contributed by atoms with Crippen molar-refractivity contribution in [3.05, 3.63) is 29.8 Å². The number of aryl methyl sites for hydroxylation is 1. The van der Waals surface area contributed by atoms with Crippen LogP contribution in [0.15, 0.2) is 24.3 Å². The highest BCUT2D eigenvalue weighted by atomic mass is 28.3. The van der Waals surface area contributed by atoms with Crippen LogP contribution >= 0.6 is 0 Å². The summed E-state index contributed by atoms with van der Waals surface area (Å²) in [5.74, 6) is 0.874. The number of ether oxygens (including phenoxy) is 2. The Balaban J connectivity index is 2.14. The van der Waals surface area contributed by atoms with E-state index >= 15 is 0 Å². The molecule has 0 unspecified atom stereocenters. The molecule has 2 nitrogen and oxygen atoms in total. The molecule has 0 fully saturated rings. The summed E-state index contributed by atoms with van der Waals surface area (Å²) in [5.41, 5.74) is 1.24. The van der Waals surface area contributed by atoms with E-state index in [1.807, 2.05) is 24.3 Å². The van der Waals surface area contributed by atoms with Crippen LogP contribution in [0.1, 0.15) is 5.56 Å². The fourth-order valence-corrected chi connectivity index (χ4v) is 1.94. The fraction of sp³-hybridized carbons (Fsp3) is 0.538. The zero-order valence-corrected chi connectivity index (χ0v) is 11.7. The smallest absolute Gasteiger partial charge is 0.189 e. The lowest BCUT2D eigenvalue weighted by Crippen LogP contribution is -2.22. The Morgan fingerprint density at radius 3 is 2.25 bits per heavy atom. The monoisotopic (exact) mass is 238 g/mol. The van der Waals surface area contributed by atoms with Crippen molar-refractivity contribution >= 4 is 8.07 Å². The number of hydrogen-bond acceptors (Lipinski definition) is 2. The molecule has 0 radical (unpaired) electrons. The van der Waals surface area contributed by atoms with Gasteiger partial charge in [-0.1, -0.05) is 37.3 Å². The maximum Gasteiger partial charge on any atom is 0.189 e. The van der Waals surface area contributed by atoms with Crippen LogP contribution in [-0.4, -0.2) is 21.5 Å². The molecule has 16 heavy (non-hydrogen) atoms. The van der Waals surface area contributed by atoms with E-state index in [9.17, 15) is 0 Å². The molecule has 0 aliphatic rings. The molecular formula is C13H22O2Si. The number of rotatable bonds is 6. The molecule has 1 rings (SSSR count). The van der Waals surface area contributed by atoms with Crippen molar-refractivity contribution < 1.29 is 9.47 Å². The van der Waals surface area contributed by atoms with Gasteiger partial charge in [0.1, 0.15) is 5.75 Å². The van der Waals surface area contributed by atoms with Crippen LogP contribution in [0.5, 0.6) is 5.75 Å². The summed E-state index contributed by atoms with van der Waals surface area (Å²) in [6.07, 6.45) is 0. The highest BCUT2D eigenvalue weighted by Gasteiger charge is 2.11. The molecule has 0 heterocycles. The largest absolute Gasteiger partial charge is 0.468 e. The summed E-state index contributed by atoms with van der Waals surface area (Å²) in [6.45, 7) is 10.3. The SMILES string of the molecule is Cc1ccc(OCOCC[Si](C)(C)C)cc1. The summed E-state index contributed by atoms with van der Waals surface area (Å²) in [5, 5.41) is 0. The molecule has 0 bridgehead atoms. The summed E-state index contributed by atoms with van der Waals surface area (Å²) in [6, 6.07) is 9.20. The average molecular weight is 238 g/mol. The Bertz CT molecular complexity index is 301. The van der Waals surface area contributed by atoms with E-state index in [4.69, 9.17) is 9.47 Å². The van der Waals surface area contributed by atoms with Crippen LogP contribution in [0, 0.1) is 6.92 Å². The van der Waals surface area contributed by atoms with Gasteiger partial charge in [0, 0.05) is 14.7 Å². The second-order valence-electron chi connectivity index (χ2n) is 5.29. The topological polar surface area (TPSA) is 18.5 Å². The van der Waals surface area contributed by atoms with Crippen LogP contribution in [0.2, 0.25) is 25.7 Å². The summed E-state index contributed by atoms with van der Waals surface area (Å²) in [7, 11) is -0.975. The first-order valence-corrected chi connectivity index (χ1v) is 9.45. The third kappa shape index (κ3) is 5.93. The van der Waals surface area contributed by atoms with Gasteiger partial charge in [0.2, 0.25) is 0 Å². The van der Waals surface area contributed by atoms with E-state index in [-0.39, 0.29) is 0 Å². The van der Waals surface area contributed by atoms with Crippen molar-refractivity contribution in [2.75, 3.05) is 13.4 Å². The van der Waals surface area contributed by atoms with Crippen molar-refractivity contribution in [2.24, 2.45) is 0 Å². The molecule has 0 aliphatic carbocycles. The fourth-order valence-electron chi connectivity index (χ4n) is 1.18. The first-order chi connectivity index (χ1) is 7.47. The zero-order chi connectivity index (χ0) is 12.0. The number of benzene rings is 1. The van der Waals surface area contributed by atoms with E-state index < -0.39 is 8.07 Å². The maximum atomic E-state index is 5.47. The van der Waals surface area contributed by atoms with Gasteiger partial charge >= 0.3 is 0 Å². The summed E-state index contributed by atoms with van der Waals surface area (Å²) < 4.78 is 10.9. The Morgan fingerprint density at radius 2 is 1.69 bits per heavy atom. The van der Waals surface area contributed by atoms with E-state index in [1.54, 1.807) is 0 Å². The molecule has 0 atom stereocenters. The van der Waals surface area contributed by atoms with E-state index in [0.29, 0.717) is 6.79 Å². The van der Waals surface area contributed by atoms with Crippen LogP contribution < -0.4 is 4.74 Å². The Morgan fingerprint density at radius 1 is 1.06 bits per heavy atom. The third-order valence-corrected chi connectivity index (χ3v) is 4.03. The van der Waals surface area contributed by atoms with Crippen LogP contribution in [0.3, 0.4) is 0 Å². The van der Waals surface area contributed by atoms with Gasteiger partial charge in [-0.15, -0.1) is 0 Å². The summed E-state index contributed by atoms with van der Waals surface area (Å²) >= 11 is 0. The second-order valence-corrected chi connectivity index (χ2v) is 10.9. The molecule has 0 aromatic heterocycles. The highest BCUT2D eigenvalue weighted by Crippen LogP contribution is 2.12. The van der Waals surface area contributed by atoms with Crippen LogP contribution in [0.4, 0.5) is 0 Å². The minimum absolute atomic E-state index is 0.355. The third-order valence-electron chi connectivity index (χ3n) is 2.33. The standard InChI is InChI=1S/C13H22O2Si/c1-12-5-7-13(8-6-12)15-11-14-9-10-16(2,3)4/h5-8H,9-11H2,1-4H3.